The van der Waals surface area contributed by atoms with Crippen LogP contribution in [0.25, 0.3) is 11.3 Å². The molecule has 3 aromatic rings. The van der Waals surface area contributed by atoms with Crippen LogP contribution in [0.5, 0.6) is 0 Å². The van der Waals surface area contributed by atoms with Crippen LogP contribution in [0.4, 0.5) is 19.1 Å². The molecular formula is C17H18F3N7S. The van der Waals surface area contributed by atoms with Gasteiger partial charge in [0.15, 0.2) is 17.0 Å². The second kappa shape index (κ2) is 7.92. The number of fused-ring (bicyclic) bond motifs is 1. The molecule has 1 aliphatic heterocycles. The lowest BCUT2D eigenvalue weighted by Gasteiger charge is -2.22. The highest BCUT2D eigenvalue weighted by molar-refractivity contribution is 7.99. The van der Waals surface area contributed by atoms with Gasteiger partial charge in [-0.25, -0.2) is 9.97 Å². The Morgan fingerprint density at radius 3 is 2.79 bits per heavy atom. The largest absolute Gasteiger partial charge is 0.434 e. The molecule has 11 heteroatoms. The number of alkyl halides is 3. The molecule has 0 radical (unpaired) electrons. The number of pyridine rings is 1. The molecule has 7 nitrogen and oxygen atoms in total. The van der Waals surface area contributed by atoms with Gasteiger partial charge in [0.2, 0.25) is 5.95 Å². The Balaban J connectivity index is 1.49. The summed E-state index contributed by atoms with van der Waals surface area (Å²) in [6.45, 7) is 2.84. The van der Waals surface area contributed by atoms with Crippen LogP contribution in [0.2, 0.25) is 0 Å². The van der Waals surface area contributed by atoms with Crippen molar-refractivity contribution in [2.75, 3.05) is 25.0 Å². The number of anilines is 1. The zero-order valence-electron chi connectivity index (χ0n) is 14.8. The minimum absolute atomic E-state index is 0.0246. The zero-order chi connectivity index (χ0) is 19.6. The Hall–Kier alpha value is -2.40. The Bertz CT molecular complexity index is 953. The lowest BCUT2D eigenvalue weighted by molar-refractivity contribution is -0.143. The molecule has 0 atom stereocenters. The molecule has 28 heavy (non-hydrogen) atoms. The smallest absolute Gasteiger partial charge is 0.355 e. The van der Waals surface area contributed by atoms with Crippen molar-refractivity contribution in [3.05, 3.63) is 30.2 Å². The molecule has 0 aliphatic carbocycles. The van der Waals surface area contributed by atoms with Crippen LogP contribution in [0.1, 0.15) is 18.5 Å². The molecule has 0 spiro atoms. The van der Waals surface area contributed by atoms with Gasteiger partial charge in [-0.3, -0.25) is 4.98 Å². The number of aromatic amines is 1. The standard InChI is InChI=1S/C17H18F3N7S/c18-17(19,20)13-11(2-1-5-22-13)28-12-9-23-14-15(25-12)27-16(26-14)24-8-10-3-6-21-7-4-10/h1-2,5,9-10,21H,3-4,6-8H2,(H2,23,24,25,26,27). The highest BCUT2D eigenvalue weighted by Crippen LogP contribution is 2.37. The van der Waals surface area contributed by atoms with E-state index in [1.165, 1.54) is 18.3 Å². The van der Waals surface area contributed by atoms with Gasteiger partial charge >= 0.3 is 6.18 Å². The number of hydrogen-bond donors (Lipinski definition) is 3. The molecule has 4 rings (SSSR count). The van der Waals surface area contributed by atoms with Crippen molar-refractivity contribution in [2.45, 2.75) is 28.9 Å². The summed E-state index contributed by atoms with van der Waals surface area (Å²) < 4.78 is 39.3. The molecule has 0 amide bonds. The highest BCUT2D eigenvalue weighted by atomic mass is 32.2. The van der Waals surface area contributed by atoms with Gasteiger partial charge in [0, 0.05) is 17.6 Å². The van der Waals surface area contributed by atoms with E-state index in [1.54, 1.807) is 0 Å². The second-order valence-electron chi connectivity index (χ2n) is 6.49. The summed E-state index contributed by atoms with van der Waals surface area (Å²) in [6, 6.07) is 2.82. The summed E-state index contributed by atoms with van der Waals surface area (Å²) >= 11 is 0.864. The van der Waals surface area contributed by atoms with Crippen LogP contribution in [0, 0.1) is 5.92 Å². The second-order valence-corrected chi connectivity index (χ2v) is 7.55. The quantitative estimate of drug-likeness (QED) is 0.595. The lowest BCUT2D eigenvalue weighted by Crippen LogP contribution is -2.31. The highest BCUT2D eigenvalue weighted by Gasteiger charge is 2.35. The molecule has 1 saturated heterocycles. The Labute approximate surface area is 163 Å². The number of hydrogen-bond acceptors (Lipinski definition) is 7. The first-order chi connectivity index (χ1) is 13.5. The number of nitrogens with one attached hydrogen (secondary N) is 3. The predicted octanol–water partition coefficient (Wildman–Crippen LogP) is 3.33. The van der Waals surface area contributed by atoms with E-state index in [0.29, 0.717) is 28.2 Å². The first kappa shape index (κ1) is 18.9. The van der Waals surface area contributed by atoms with Gasteiger partial charge in [-0.15, -0.1) is 0 Å². The molecule has 0 saturated carbocycles. The van der Waals surface area contributed by atoms with Gasteiger partial charge in [-0.2, -0.15) is 18.2 Å². The minimum Gasteiger partial charge on any atom is -0.355 e. The Morgan fingerprint density at radius 1 is 1.18 bits per heavy atom. The molecule has 0 aromatic carbocycles. The zero-order valence-corrected chi connectivity index (χ0v) is 15.6. The van der Waals surface area contributed by atoms with Crippen LogP contribution in [0.3, 0.4) is 0 Å². The minimum atomic E-state index is -4.53. The number of imidazole rings is 1. The predicted molar refractivity (Wildman–Crippen MR) is 99.1 cm³/mol. The maximum absolute atomic E-state index is 13.1. The van der Waals surface area contributed by atoms with E-state index < -0.39 is 11.9 Å². The van der Waals surface area contributed by atoms with Crippen LogP contribution in [-0.4, -0.2) is 44.6 Å². The van der Waals surface area contributed by atoms with Gasteiger partial charge in [-0.05, 0) is 44.0 Å². The van der Waals surface area contributed by atoms with E-state index in [9.17, 15) is 13.2 Å². The van der Waals surface area contributed by atoms with Crippen LogP contribution in [-0.2, 0) is 6.18 Å². The van der Waals surface area contributed by atoms with Gasteiger partial charge < -0.3 is 15.6 Å². The normalized spacial score (nSPS) is 15.8. The fourth-order valence-corrected chi connectivity index (χ4v) is 3.91. The first-order valence-electron chi connectivity index (χ1n) is 8.86. The molecule has 1 aliphatic rings. The summed E-state index contributed by atoms with van der Waals surface area (Å²) in [5, 5.41) is 6.91. The molecule has 0 unspecified atom stereocenters. The SMILES string of the molecule is FC(F)(F)c1ncccc1Sc1cnc2[nH]c(NCC3CCNCC3)nc2n1. The molecule has 3 aromatic heterocycles. The van der Waals surface area contributed by atoms with E-state index in [2.05, 4.69) is 35.6 Å². The fourth-order valence-electron chi connectivity index (χ4n) is 3.03. The van der Waals surface area contributed by atoms with E-state index >= 15 is 0 Å². The van der Waals surface area contributed by atoms with Crippen molar-refractivity contribution in [1.82, 2.24) is 30.2 Å². The maximum atomic E-state index is 13.1. The van der Waals surface area contributed by atoms with Gasteiger partial charge in [0.1, 0.15) is 5.03 Å². The summed E-state index contributed by atoms with van der Waals surface area (Å²) in [7, 11) is 0. The van der Waals surface area contributed by atoms with E-state index in [-0.39, 0.29) is 4.90 Å². The monoisotopic (exact) mass is 409 g/mol. The topological polar surface area (TPSA) is 91.4 Å². The van der Waals surface area contributed by atoms with E-state index in [0.717, 1.165) is 50.4 Å². The fraction of sp³-hybridized carbons (Fsp3) is 0.412. The van der Waals surface area contributed by atoms with Crippen molar-refractivity contribution in [3.63, 3.8) is 0 Å². The average Bonchev–Trinajstić information content (AvgIpc) is 3.09. The third-order valence-corrected chi connectivity index (χ3v) is 5.41. The Morgan fingerprint density at radius 2 is 2.00 bits per heavy atom. The van der Waals surface area contributed by atoms with Crippen LogP contribution >= 0.6 is 11.8 Å². The number of halogens is 3. The van der Waals surface area contributed by atoms with Crippen molar-refractivity contribution in [2.24, 2.45) is 5.92 Å². The van der Waals surface area contributed by atoms with Gasteiger partial charge in [0.05, 0.1) is 6.20 Å². The number of H-pyrrole nitrogens is 1. The maximum Gasteiger partial charge on any atom is 0.434 e. The van der Waals surface area contributed by atoms with Crippen molar-refractivity contribution in [1.29, 1.82) is 0 Å². The average molecular weight is 409 g/mol. The number of aromatic nitrogens is 5. The van der Waals surface area contributed by atoms with Crippen molar-refractivity contribution >= 4 is 29.0 Å². The number of rotatable bonds is 5. The summed E-state index contributed by atoms with van der Waals surface area (Å²) in [5.74, 6) is 1.14. The lowest BCUT2D eigenvalue weighted by atomic mass is 9.98. The first-order valence-corrected chi connectivity index (χ1v) is 9.68. The molecule has 0 bridgehead atoms. The number of nitrogens with zero attached hydrogens (tertiary/aromatic N) is 4. The molecule has 3 N–H and O–H groups in total. The van der Waals surface area contributed by atoms with E-state index in [1.807, 2.05) is 0 Å². The summed E-state index contributed by atoms with van der Waals surface area (Å²) in [5.41, 5.74) is -0.0945. The Kier molecular flexibility index (Phi) is 5.36. The van der Waals surface area contributed by atoms with Crippen molar-refractivity contribution in [3.8, 4) is 0 Å². The molecule has 148 valence electrons. The van der Waals surface area contributed by atoms with Crippen LogP contribution < -0.4 is 10.6 Å². The summed E-state index contributed by atoms with van der Waals surface area (Å²) in [4.78, 5) is 19.4. The van der Waals surface area contributed by atoms with Crippen LogP contribution in [0.15, 0.2) is 34.4 Å². The van der Waals surface area contributed by atoms with Crippen molar-refractivity contribution < 1.29 is 13.2 Å². The van der Waals surface area contributed by atoms with E-state index in [4.69, 9.17) is 0 Å². The molecule has 4 heterocycles. The number of piperidine rings is 1. The summed E-state index contributed by atoms with van der Waals surface area (Å²) in [6.07, 6.45) is 0.234. The van der Waals surface area contributed by atoms with Gasteiger partial charge in [0.25, 0.3) is 0 Å². The molecular weight excluding hydrogens is 391 g/mol. The third-order valence-electron chi connectivity index (χ3n) is 4.46. The third kappa shape index (κ3) is 4.36. The molecule has 1 fully saturated rings. The van der Waals surface area contributed by atoms with Gasteiger partial charge in [-0.1, -0.05) is 11.8 Å².